The molecule has 122 valence electrons. The van der Waals surface area contributed by atoms with Gasteiger partial charge >= 0.3 is 6.18 Å². The summed E-state index contributed by atoms with van der Waals surface area (Å²) >= 11 is 0.993. The van der Waals surface area contributed by atoms with Gasteiger partial charge in [-0.25, -0.2) is 4.98 Å². The minimum Gasteiger partial charge on any atom is -0.347 e. The van der Waals surface area contributed by atoms with Crippen molar-refractivity contribution in [2.24, 2.45) is 5.92 Å². The maximum Gasteiger partial charge on any atom is 0.434 e. The highest BCUT2D eigenvalue weighted by Gasteiger charge is 2.36. The molecule has 2 aliphatic heterocycles. The molecule has 1 aromatic rings. The molecule has 2 saturated heterocycles. The Hall–Kier alpha value is -1.31. The fourth-order valence-corrected chi connectivity index (χ4v) is 3.92. The number of likely N-dealkylation sites (tertiary alicyclic amines) is 1. The van der Waals surface area contributed by atoms with Gasteiger partial charge in [-0.15, -0.1) is 11.3 Å². The predicted octanol–water partition coefficient (Wildman–Crippen LogP) is 3.00. The van der Waals surface area contributed by atoms with E-state index in [4.69, 9.17) is 0 Å². The molecular formula is C14H18F3N3OS. The fourth-order valence-electron chi connectivity index (χ4n) is 3.05. The summed E-state index contributed by atoms with van der Waals surface area (Å²) in [6.07, 6.45) is -0.457. The third-order valence-electron chi connectivity index (χ3n) is 4.26. The van der Waals surface area contributed by atoms with Crippen molar-refractivity contribution in [3.63, 3.8) is 0 Å². The molecule has 8 heteroatoms. The molecule has 0 aliphatic carbocycles. The number of hydrogen-bond acceptors (Lipinski definition) is 4. The van der Waals surface area contributed by atoms with Crippen LogP contribution in [0.15, 0.2) is 5.38 Å². The third-order valence-corrected chi connectivity index (χ3v) is 5.16. The van der Waals surface area contributed by atoms with Gasteiger partial charge in [-0.2, -0.15) is 13.2 Å². The van der Waals surface area contributed by atoms with Crippen molar-refractivity contribution >= 4 is 22.4 Å². The van der Waals surface area contributed by atoms with Gasteiger partial charge in [0.2, 0.25) is 5.91 Å². The third kappa shape index (κ3) is 3.21. The van der Waals surface area contributed by atoms with Crippen LogP contribution in [0.4, 0.5) is 18.3 Å². The lowest BCUT2D eigenvalue weighted by molar-refractivity contribution is -0.140. The lowest BCUT2D eigenvalue weighted by Crippen LogP contribution is -2.40. The van der Waals surface area contributed by atoms with Gasteiger partial charge in [-0.3, -0.25) is 4.79 Å². The molecule has 3 heterocycles. The molecular weight excluding hydrogens is 315 g/mol. The monoisotopic (exact) mass is 333 g/mol. The van der Waals surface area contributed by atoms with Crippen LogP contribution in [0.1, 0.15) is 31.4 Å². The van der Waals surface area contributed by atoms with Crippen molar-refractivity contribution in [1.29, 1.82) is 0 Å². The fraction of sp³-hybridized carbons (Fsp3) is 0.714. The number of aromatic nitrogens is 1. The Kier molecular flexibility index (Phi) is 4.29. The van der Waals surface area contributed by atoms with Crippen molar-refractivity contribution in [3.8, 4) is 0 Å². The van der Waals surface area contributed by atoms with E-state index in [1.807, 2.05) is 4.90 Å². The highest BCUT2D eigenvalue weighted by atomic mass is 32.1. The zero-order chi connectivity index (χ0) is 15.7. The molecule has 1 amide bonds. The lowest BCUT2D eigenvalue weighted by atomic mass is 10.0. The number of rotatable bonds is 2. The topological polar surface area (TPSA) is 36.4 Å². The molecule has 1 atom stereocenters. The van der Waals surface area contributed by atoms with E-state index >= 15 is 0 Å². The van der Waals surface area contributed by atoms with Crippen LogP contribution in [-0.2, 0) is 11.0 Å². The molecule has 1 unspecified atom stereocenters. The van der Waals surface area contributed by atoms with Crippen molar-refractivity contribution in [2.75, 3.05) is 31.1 Å². The van der Waals surface area contributed by atoms with Gasteiger partial charge in [-0.05, 0) is 25.7 Å². The van der Waals surface area contributed by atoms with E-state index in [0.717, 1.165) is 42.6 Å². The SMILES string of the molecule is O=C(C1CCN(c2nc(C(F)(F)F)cs2)C1)N1CCCCC1. The summed E-state index contributed by atoms with van der Waals surface area (Å²) in [5, 5.41) is 1.40. The Balaban J connectivity index is 1.62. The Morgan fingerprint density at radius 2 is 1.95 bits per heavy atom. The maximum atomic E-state index is 12.6. The summed E-state index contributed by atoms with van der Waals surface area (Å²) in [4.78, 5) is 19.8. The number of anilines is 1. The standard InChI is InChI=1S/C14H18F3N3OS/c15-14(16,17)11-9-22-13(18-11)20-7-4-10(8-20)12(21)19-5-2-1-3-6-19/h9-10H,1-8H2. The van der Waals surface area contributed by atoms with Crippen LogP contribution in [0.3, 0.4) is 0 Å². The van der Waals surface area contributed by atoms with Crippen molar-refractivity contribution in [2.45, 2.75) is 31.9 Å². The number of hydrogen-bond donors (Lipinski definition) is 0. The molecule has 1 aromatic heterocycles. The van der Waals surface area contributed by atoms with Crippen LogP contribution in [0, 0.1) is 5.92 Å². The average molecular weight is 333 g/mol. The van der Waals surface area contributed by atoms with E-state index in [1.165, 1.54) is 6.42 Å². The molecule has 3 rings (SSSR count). The van der Waals surface area contributed by atoms with Crippen molar-refractivity contribution in [3.05, 3.63) is 11.1 Å². The summed E-state index contributed by atoms with van der Waals surface area (Å²) in [5.41, 5.74) is -0.849. The summed E-state index contributed by atoms with van der Waals surface area (Å²) in [5.74, 6) is 0.0335. The first-order chi connectivity index (χ1) is 10.4. The van der Waals surface area contributed by atoms with Crippen LogP contribution in [0.5, 0.6) is 0 Å². The molecule has 2 fully saturated rings. The molecule has 22 heavy (non-hydrogen) atoms. The van der Waals surface area contributed by atoms with Gasteiger partial charge in [0.15, 0.2) is 10.8 Å². The first kappa shape index (κ1) is 15.6. The average Bonchev–Trinajstić information content (AvgIpc) is 3.15. The lowest BCUT2D eigenvalue weighted by Gasteiger charge is -2.29. The van der Waals surface area contributed by atoms with E-state index < -0.39 is 11.9 Å². The minimum absolute atomic E-state index is 0.115. The molecule has 4 nitrogen and oxygen atoms in total. The van der Waals surface area contributed by atoms with Crippen molar-refractivity contribution in [1.82, 2.24) is 9.88 Å². The van der Waals surface area contributed by atoms with E-state index in [-0.39, 0.29) is 11.8 Å². The molecule has 2 aliphatic rings. The molecule has 0 aromatic carbocycles. The summed E-state index contributed by atoms with van der Waals surface area (Å²) < 4.78 is 37.8. The van der Waals surface area contributed by atoms with E-state index in [1.54, 1.807) is 4.90 Å². The summed E-state index contributed by atoms with van der Waals surface area (Å²) in [6.45, 7) is 2.69. The highest BCUT2D eigenvalue weighted by molar-refractivity contribution is 7.13. The van der Waals surface area contributed by atoms with Gasteiger partial charge in [-0.1, -0.05) is 0 Å². The smallest absolute Gasteiger partial charge is 0.347 e. The number of thiazole rings is 1. The van der Waals surface area contributed by atoms with Gasteiger partial charge < -0.3 is 9.80 Å². The van der Waals surface area contributed by atoms with Crippen LogP contribution in [0.2, 0.25) is 0 Å². The number of carbonyl (C=O) groups is 1. The largest absolute Gasteiger partial charge is 0.434 e. The second kappa shape index (κ2) is 6.06. The van der Waals surface area contributed by atoms with Crippen LogP contribution >= 0.6 is 11.3 Å². The number of piperidine rings is 1. The molecule has 0 radical (unpaired) electrons. The first-order valence-electron chi connectivity index (χ1n) is 7.51. The number of alkyl halides is 3. The summed E-state index contributed by atoms with van der Waals surface area (Å²) in [7, 11) is 0. The molecule has 0 N–H and O–H groups in total. The van der Waals surface area contributed by atoms with Gasteiger partial charge in [0.1, 0.15) is 0 Å². The quantitative estimate of drug-likeness (QED) is 0.835. The second-order valence-corrected chi connectivity index (χ2v) is 6.67. The number of nitrogens with zero attached hydrogens (tertiary/aromatic N) is 3. The van der Waals surface area contributed by atoms with Gasteiger partial charge in [0.25, 0.3) is 0 Å². The molecule has 0 saturated carbocycles. The zero-order valence-electron chi connectivity index (χ0n) is 12.1. The molecule has 0 spiro atoms. The first-order valence-corrected chi connectivity index (χ1v) is 8.39. The number of halogens is 3. The maximum absolute atomic E-state index is 12.6. The van der Waals surface area contributed by atoms with E-state index in [0.29, 0.717) is 24.6 Å². The number of amides is 1. The van der Waals surface area contributed by atoms with E-state index in [9.17, 15) is 18.0 Å². The second-order valence-electron chi connectivity index (χ2n) is 5.83. The van der Waals surface area contributed by atoms with Gasteiger partial charge in [0, 0.05) is 31.6 Å². The van der Waals surface area contributed by atoms with E-state index in [2.05, 4.69) is 4.98 Å². The highest BCUT2D eigenvalue weighted by Crippen LogP contribution is 2.35. The van der Waals surface area contributed by atoms with Crippen LogP contribution < -0.4 is 4.90 Å². The minimum atomic E-state index is -4.41. The zero-order valence-corrected chi connectivity index (χ0v) is 12.9. The predicted molar refractivity (Wildman–Crippen MR) is 77.9 cm³/mol. The summed E-state index contributed by atoms with van der Waals surface area (Å²) in [6, 6.07) is 0. The normalized spacial score (nSPS) is 23.1. The Morgan fingerprint density at radius 1 is 1.23 bits per heavy atom. The number of carbonyl (C=O) groups excluding carboxylic acids is 1. The molecule has 0 bridgehead atoms. The van der Waals surface area contributed by atoms with Crippen molar-refractivity contribution < 1.29 is 18.0 Å². The van der Waals surface area contributed by atoms with Crippen LogP contribution in [-0.4, -0.2) is 42.0 Å². The Labute approximate surface area is 130 Å². The Morgan fingerprint density at radius 3 is 2.59 bits per heavy atom. The van der Waals surface area contributed by atoms with Gasteiger partial charge in [0.05, 0.1) is 5.92 Å². The Bertz CT molecular complexity index is 540. The van der Waals surface area contributed by atoms with Crippen LogP contribution in [0.25, 0.3) is 0 Å².